The summed E-state index contributed by atoms with van der Waals surface area (Å²) in [6.45, 7) is 1.63. The quantitative estimate of drug-likeness (QED) is 0.638. The van der Waals surface area contributed by atoms with Gasteiger partial charge in [-0.05, 0) is 31.1 Å². The third-order valence-electron chi connectivity index (χ3n) is 4.94. The molecule has 3 nitrogen and oxygen atoms in total. The van der Waals surface area contributed by atoms with E-state index in [4.69, 9.17) is 11.0 Å². The SMILES string of the molecule is Cc1cc(C(F)(C(F)(F)F)C(F)(F)F)cc(C)c1C1(F)C(F)=C(C#N)C=CC1C(N)=O. The van der Waals surface area contributed by atoms with Gasteiger partial charge in [0.15, 0.2) is 5.83 Å². The van der Waals surface area contributed by atoms with E-state index in [-0.39, 0.29) is 12.1 Å². The van der Waals surface area contributed by atoms with E-state index in [0.717, 1.165) is 26.0 Å². The van der Waals surface area contributed by atoms with Gasteiger partial charge in [-0.1, -0.05) is 18.2 Å². The second-order valence-corrected chi connectivity index (χ2v) is 6.93. The Morgan fingerprint density at radius 3 is 1.87 bits per heavy atom. The minimum atomic E-state index is -6.42. The number of hydrogen-bond donors (Lipinski definition) is 1. The number of halogens is 9. The van der Waals surface area contributed by atoms with Crippen LogP contribution >= 0.6 is 0 Å². The van der Waals surface area contributed by atoms with E-state index in [1.54, 1.807) is 0 Å². The zero-order chi connectivity index (χ0) is 24.2. The molecule has 168 valence electrons. The number of hydrogen-bond acceptors (Lipinski definition) is 2. The summed E-state index contributed by atoms with van der Waals surface area (Å²) in [5, 5.41) is 8.95. The third-order valence-corrected chi connectivity index (χ3v) is 4.94. The lowest BCUT2D eigenvalue weighted by molar-refractivity contribution is -0.348. The van der Waals surface area contributed by atoms with E-state index in [2.05, 4.69) is 0 Å². The van der Waals surface area contributed by atoms with Gasteiger partial charge < -0.3 is 5.73 Å². The number of aryl methyl sites for hydroxylation is 2. The summed E-state index contributed by atoms with van der Waals surface area (Å²) in [5.74, 6) is -5.30. The standard InChI is InChI=1S/C19H13F9N2O/c1-8-5-11(17(22,18(23,24)25)19(26,27)28)6-9(2)13(8)16(21)12(15(30)31)4-3-10(7-29)14(16)20/h3-6,12H,1-2H3,(H2,30,31). The molecular weight excluding hydrogens is 443 g/mol. The number of benzene rings is 1. The Bertz CT molecular complexity index is 993. The van der Waals surface area contributed by atoms with Gasteiger partial charge in [-0.25, -0.2) is 13.2 Å². The number of carbonyl (C=O) groups is 1. The molecule has 0 heterocycles. The number of nitrogens with zero attached hydrogens (tertiary/aromatic N) is 1. The van der Waals surface area contributed by atoms with Gasteiger partial charge in [-0.2, -0.15) is 31.6 Å². The van der Waals surface area contributed by atoms with Crippen molar-refractivity contribution >= 4 is 5.91 Å². The smallest absolute Gasteiger partial charge is 0.369 e. The van der Waals surface area contributed by atoms with Crippen molar-refractivity contribution in [1.82, 2.24) is 0 Å². The minimum absolute atomic E-state index is 0.0698. The maximum absolute atomic E-state index is 16.0. The molecule has 1 aromatic carbocycles. The number of carbonyl (C=O) groups excluding carboxylic acids is 1. The van der Waals surface area contributed by atoms with Crippen molar-refractivity contribution in [3.8, 4) is 6.07 Å². The molecule has 2 atom stereocenters. The Kier molecular flexibility index (Phi) is 5.74. The van der Waals surface area contributed by atoms with E-state index >= 15 is 4.39 Å². The van der Waals surface area contributed by atoms with E-state index < -0.39 is 69.2 Å². The first-order valence-corrected chi connectivity index (χ1v) is 8.35. The third kappa shape index (κ3) is 3.45. The van der Waals surface area contributed by atoms with Crippen molar-refractivity contribution < 1.29 is 44.3 Å². The molecule has 0 aromatic heterocycles. The van der Waals surface area contributed by atoms with Crippen LogP contribution in [0.15, 0.2) is 35.7 Å². The van der Waals surface area contributed by atoms with Crippen molar-refractivity contribution in [3.05, 3.63) is 57.9 Å². The normalized spacial score (nSPS) is 22.5. The van der Waals surface area contributed by atoms with Gasteiger partial charge in [-0.3, -0.25) is 4.79 Å². The lowest BCUT2D eigenvalue weighted by Crippen LogP contribution is -2.50. The number of amides is 1. The highest BCUT2D eigenvalue weighted by molar-refractivity contribution is 5.82. The van der Waals surface area contributed by atoms with Crippen LogP contribution in [0, 0.1) is 31.1 Å². The van der Waals surface area contributed by atoms with Crippen LogP contribution < -0.4 is 5.73 Å². The minimum Gasteiger partial charge on any atom is -0.369 e. The van der Waals surface area contributed by atoms with Crippen LogP contribution in [0.3, 0.4) is 0 Å². The van der Waals surface area contributed by atoms with Crippen molar-refractivity contribution in [3.63, 3.8) is 0 Å². The predicted octanol–water partition coefficient (Wildman–Crippen LogP) is 5.18. The second kappa shape index (κ2) is 7.32. The van der Waals surface area contributed by atoms with E-state index in [1.165, 1.54) is 6.07 Å². The molecule has 1 aliphatic rings. The number of primary amides is 1. The molecule has 2 unspecified atom stereocenters. The molecule has 0 radical (unpaired) electrons. The fourth-order valence-electron chi connectivity index (χ4n) is 3.60. The Morgan fingerprint density at radius 1 is 1.06 bits per heavy atom. The predicted molar refractivity (Wildman–Crippen MR) is 89.2 cm³/mol. The molecule has 0 saturated heterocycles. The molecule has 0 spiro atoms. The summed E-state index contributed by atoms with van der Waals surface area (Å²) >= 11 is 0. The summed E-state index contributed by atoms with van der Waals surface area (Å²) in [5.41, 5.74) is -9.27. The van der Waals surface area contributed by atoms with Gasteiger partial charge in [0.05, 0.1) is 5.57 Å². The number of rotatable bonds is 3. The lowest BCUT2D eigenvalue weighted by Gasteiger charge is -2.36. The fraction of sp³-hybridized carbons (Fsp3) is 0.368. The Morgan fingerprint density at radius 2 is 1.52 bits per heavy atom. The molecule has 1 aromatic rings. The van der Waals surface area contributed by atoms with Gasteiger partial charge in [0.1, 0.15) is 12.0 Å². The largest absolute Gasteiger partial charge is 0.435 e. The van der Waals surface area contributed by atoms with Gasteiger partial charge >= 0.3 is 18.0 Å². The maximum Gasteiger partial charge on any atom is 0.435 e. The monoisotopic (exact) mass is 456 g/mol. The Hall–Kier alpha value is -2.97. The number of nitrogens with two attached hydrogens (primary N) is 1. The fourth-order valence-corrected chi connectivity index (χ4v) is 3.60. The molecule has 1 aliphatic carbocycles. The topological polar surface area (TPSA) is 66.9 Å². The van der Waals surface area contributed by atoms with Crippen molar-refractivity contribution in [2.45, 2.75) is 37.5 Å². The molecule has 0 fully saturated rings. The van der Waals surface area contributed by atoms with Crippen LogP contribution in [-0.2, 0) is 16.1 Å². The maximum atomic E-state index is 16.0. The summed E-state index contributed by atoms with van der Waals surface area (Å²) in [7, 11) is 0. The summed E-state index contributed by atoms with van der Waals surface area (Å²) < 4.78 is 124. The number of alkyl halides is 8. The van der Waals surface area contributed by atoms with Crippen molar-refractivity contribution in [2.75, 3.05) is 0 Å². The molecule has 12 heteroatoms. The lowest BCUT2D eigenvalue weighted by atomic mass is 9.73. The van der Waals surface area contributed by atoms with Gasteiger partial charge in [-0.15, -0.1) is 0 Å². The van der Waals surface area contributed by atoms with Crippen LogP contribution in [0.2, 0.25) is 0 Å². The zero-order valence-corrected chi connectivity index (χ0v) is 15.7. The summed E-state index contributed by atoms with van der Waals surface area (Å²) in [4.78, 5) is 11.7. The van der Waals surface area contributed by atoms with E-state index in [9.17, 15) is 39.9 Å². The molecule has 0 bridgehead atoms. The van der Waals surface area contributed by atoms with Crippen LogP contribution in [-0.4, -0.2) is 18.3 Å². The summed E-state index contributed by atoms with van der Waals surface area (Å²) in [6.07, 6.45) is -11.3. The Labute approximate surface area is 169 Å². The zero-order valence-electron chi connectivity index (χ0n) is 15.7. The highest BCUT2D eigenvalue weighted by Gasteiger charge is 2.73. The highest BCUT2D eigenvalue weighted by atomic mass is 19.4. The van der Waals surface area contributed by atoms with E-state index in [1.807, 2.05) is 0 Å². The first kappa shape index (κ1) is 24.3. The van der Waals surface area contributed by atoms with Gasteiger partial charge in [0.25, 0.3) is 0 Å². The Balaban J connectivity index is 2.88. The van der Waals surface area contributed by atoms with Crippen LogP contribution in [0.5, 0.6) is 0 Å². The first-order valence-electron chi connectivity index (χ1n) is 8.35. The first-order chi connectivity index (χ1) is 13.9. The molecule has 2 N–H and O–H groups in total. The number of allylic oxidation sites excluding steroid dienone is 3. The molecular formula is C19H13F9N2O. The molecule has 2 rings (SSSR count). The average Bonchev–Trinajstić information content (AvgIpc) is 2.60. The number of nitriles is 1. The molecule has 0 saturated carbocycles. The van der Waals surface area contributed by atoms with Crippen molar-refractivity contribution in [1.29, 1.82) is 5.26 Å². The average molecular weight is 456 g/mol. The molecule has 31 heavy (non-hydrogen) atoms. The van der Waals surface area contributed by atoms with Crippen molar-refractivity contribution in [2.24, 2.45) is 11.7 Å². The van der Waals surface area contributed by atoms with Gasteiger partial charge in [0, 0.05) is 11.1 Å². The molecule has 1 amide bonds. The highest BCUT2D eigenvalue weighted by Crippen LogP contribution is 2.55. The van der Waals surface area contributed by atoms with Crippen LogP contribution in [0.1, 0.15) is 22.3 Å². The summed E-state index contributed by atoms with van der Waals surface area (Å²) in [6, 6.07) is 1.46. The van der Waals surface area contributed by atoms with Crippen LogP contribution in [0.4, 0.5) is 39.5 Å². The molecule has 0 aliphatic heterocycles. The van der Waals surface area contributed by atoms with Gasteiger partial charge in [0.2, 0.25) is 11.6 Å². The second-order valence-electron chi connectivity index (χ2n) is 6.93. The van der Waals surface area contributed by atoms with Crippen LogP contribution in [0.25, 0.3) is 0 Å². The van der Waals surface area contributed by atoms with E-state index in [0.29, 0.717) is 0 Å².